The van der Waals surface area contributed by atoms with Crippen molar-refractivity contribution in [2.75, 3.05) is 13.6 Å². The number of nitrogens with zero attached hydrogens (tertiary/aromatic N) is 2. The van der Waals surface area contributed by atoms with Gasteiger partial charge in [-0.3, -0.25) is 0 Å². The molecule has 124 valence electrons. The van der Waals surface area contributed by atoms with Gasteiger partial charge in [-0.25, -0.2) is 0 Å². The highest BCUT2D eigenvalue weighted by Crippen LogP contribution is 2.26. The number of benzene rings is 1. The molecule has 0 amide bonds. The maximum absolute atomic E-state index is 12.9. The quantitative estimate of drug-likeness (QED) is 0.790. The van der Waals surface area contributed by atoms with Crippen LogP contribution >= 0.6 is 11.6 Å². The first-order chi connectivity index (χ1) is 10.5. The summed E-state index contributed by atoms with van der Waals surface area (Å²) in [6.45, 7) is 2.61. The van der Waals surface area contributed by atoms with E-state index in [0.717, 1.165) is 31.2 Å². The Balaban J connectivity index is 2.15. The van der Waals surface area contributed by atoms with Gasteiger partial charge in [0.1, 0.15) is 0 Å². The maximum Gasteiger partial charge on any atom is 0.282 e. The molecule has 0 atom stereocenters. The van der Waals surface area contributed by atoms with Crippen LogP contribution in [-0.2, 0) is 16.8 Å². The van der Waals surface area contributed by atoms with Crippen LogP contribution in [0.3, 0.4) is 0 Å². The van der Waals surface area contributed by atoms with Crippen LogP contribution < -0.4 is 0 Å². The fourth-order valence-corrected chi connectivity index (χ4v) is 4.76. The number of hydrogen-bond acceptors (Lipinski definition) is 2. The molecule has 1 saturated carbocycles. The van der Waals surface area contributed by atoms with E-state index < -0.39 is 10.2 Å². The lowest BCUT2D eigenvalue weighted by molar-refractivity contribution is 0.262. The van der Waals surface area contributed by atoms with Gasteiger partial charge in [-0.15, -0.1) is 0 Å². The van der Waals surface area contributed by atoms with Crippen molar-refractivity contribution < 1.29 is 8.42 Å². The lowest BCUT2D eigenvalue weighted by Gasteiger charge is -2.34. The Morgan fingerprint density at radius 1 is 1.18 bits per heavy atom. The Morgan fingerprint density at radius 3 is 2.41 bits per heavy atom. The molecule has 0 spiro atoms. The van der Waals surface area contributed by atoms with Gasteiger partial charge in [0, 0.05) is 31.2 Å². The van der Waals surface area contributed by atoms with Crippen molar-refractivity contribution in [3.63, 3.8) is 0 Å². The van der Waals surface area contributed by atoms with Gasteiger partial charge in [-0.05, 0) is 24.5 Å². The molecule has 0 aliphatic heterocycles. The predicted molar refractivity (Wildman–Crippen MR) is 91.1 cm³/mol. The van der Waals surface area contributed by atoms with E-state index in [1.165, 1.54) is 10.7 Å². The molecule has 1 aromatic rings. The molecular formula is C16H25ClN2O2S. The second-order valence-electron chi connectivity index (χ2n) is 5.83. The summed E-state index contributed by atoms with van der Waals surface area (Å²) >= 11 is 6.17. The minimum absolute atomic E-state index is 0.124. The summed E-state index contributed by atoms with van der Waals surface area (Å²) in [6.07, 6.45) is 5.35. The third-order valence-electron chi connectivity index (χ3n) is 4.44. The molecule has 0 heterocycles. The molecule has 1 aromatic carbocycles. The molecule has 6 heteroatoms. The molecule has 0 saturated heterocycles. The van der Waals surface area contributed by atoms with Gasteiger partial charge in [-0.1, -0.05) is 56.0 Å². The fourth-order valence-electron chi connectivity index (χ4n) is 2.99. The van der Waals surface area contributed by atoms with Crippen molar-refractivity contribution in [3.05, 3.63) is 34.9 Å². The summed E-state index contributed by atoms with van der Waals surface area (Å²) in [5.74, 6) is 0. The summed E-state index contributed by atoms with van der Waals surface area (Å²) in [7, 11) is -1.75. The molecule has 0 unspecified atom stereocenters. The normalized spacial score (nSPS) is 17.3. The second-order valence-corrected chi connectivity index (χ2v) is 8.23. The third kappa shape index (κ3) is 4.02. The van der Waals surface area contributed by atoms with E-state index in [9.17, 15) is 8.42 Å². The largest absolute Gasteiger partial charge is 0.282 e. The Bertz CT molecular complexity index is 586. The van der Waals surface area contributed by atoms with Gasteiger partial charge in [0.15, 0.2) is 0 Å². The predicted octanol–water partition coefficient (Wildman–Crippen LogP) is 3.67. The SMILES string of the molecule is CCN(Cc1ccccc1Cl)S(=O)(=O)N(C)C1CCCCC1. The Morgan fingerprint density at radius 2 is 1.82 bits per heavy atom. The van der Waals surface area contributed by atoms with Gasteiger partial charge in [0.05, 0.1) is 0 Å². The van der Waals surface area contributed by atoms with Crippen molar-refractivity contribution in [1.82, 2.24) is 8.61 Å². The Kier molecular flexibility index (Phi) is 6.26. The molecule has 2 rings (SSSR count). The summed E-state index contributed by atoms with van der Waals surface area (Å²) in [5, 5.41) is 0.608. The van der Waals surface area contributed by atoms with Crippen LogP contribution in [0.15, 0.2) is 24.3 Å². The van der Waals surface area contributed by atoms with Crippen LogP contribution in [-0.4, -0.2) is 36.7 Å². The van der Waals surface area contributed by atoms with E-state index in [1.807, 2.05) is 25.1 Å². The first kappa shape index (κ1) is 17.7. The van der Waals surface area contributed by atoms with Crippen LogP contribution in [0, 0.1) is 0 Å². The minimum Gasteiger partial charge on any atom is -0.195 e. The first-order valence-corrected chi connectivity index (χ1v) is 9.70. The molecule has 1 fully saturated rings. The molecule has 4 nitrogen and oxygen atoms in total. The zero-order chi connectivity index (χ0) is 16.2. The maximum atomic E-state index is 12.9. The van der Waals surface area contributed by atoms with Gasteiger partial charge in [0.2, 0.25) is 0 Å². The van der Waals surface area contributed by atoms with Gasteiger partial charge in [-0.2, -0.15) is 17.0 Å². The van der Waals surface area contributed by atoms with Gasteiger partial charge in [0.25, 0.3) is 10.2 Å². The lowest BCUT2D eigenvalue weighted by atomic mass is 9.96. The summed E-state index contributed by atoms with van der Waals surface area (Å²) in [6, 6.07) is 7.53. The zero-order valence-corrected chi connectivity index (χ0v) is 14.9. The van der Waals surface area contributed by atoms with Gasteiger partial charge >= 0.3 is 0 Å². The summed E-state index contributed by atoms with van der Waals surface area (Å²) < 4.78 is 28.8. The van der Waals surface area contributed by atoms with E-state index >= 15 is 0 Å². The fraction of sp³-hybridized carbons (Fsp3) is 0.625. The molecular weight excluding hydrogens is 320 g/mol. The topological polar surface area (TPSA) is 40.6 Å². The molecule has 0 radical (unpaired) electrons. The standard InChI is InChI=1S/C16H25ClN2O2S/c1-3-19(13-14-9-7-8-12-16(14)17)22(20,21)18(2)15-10-5-4-6-11-15/h7-9,12,15H,3-6,10-11,13H2,1-2H3. The summed E-state index contributed by atoms with van der Waals surface area (Å²) in [5.41, 5.74) is 0.839. The molecule has 22 heavy (non-hydrogen) atoms. The monoisotopic (exact) mass is 344 g/mol. The van der Waals surface area contributed by atoms with Crippen molar-refractivity contribution in [1.29, 1.82) is 0 Å². The summed E-state index contributed by atoms with van der Waals surface area (Å²) in [4.78, 5) is 0. The minimum atomic E-state index is -3.46. The number of hydrogen-bond donors (Lipinski definition) is 0. The third-order valence-corrected chi connectivity index (χ3v) is 6.87. The van der Waals surface area contributed by atoms with Crippen LogP contribution in [0.5, 0.6) is 0 Å². The van der Waals surface area contributed by atoms with E-state index in [1.54, 1.807) is 17.4 Å². The highest BCUT2D eigenvalue weighted by molar-refractivity contribution is 7.86. The van der Waals surface area contributed by atoms with E-state index in [0.29, 0.717) is 18.1 Å². The molecule has 0 aromatic heterocycles. The first-order valence-electron chi connectivity index (χ1n) is 7.93. The molecule has 0 N–H and O–H groups in total. The molecule has 0 bridgehead atoms. The molecule has 1 aliphatic carbocycles. The van der Waals surface area contributed by atoms with E-state index in [2.05, 4.69) is 0 Å². The van der Waals surface area contributed by atoms with Crippen LogP contribution in [0.25, 0.3) is 0 Å². The average Bonchev–Trinajstić information content (AvgIpc) is 2.54. The van der Waals surface area contributed by atoms with Crippen molar-refractivity contribution in [2.24, 2.45) is 0 Å². The highest BCUT2D eigenvalue weighted by atomic mass is 35.5. The van der Waals surface area contributed by atoms with Crippen LogP contribution in [0.1, 0.15) is 44.6 Å². The number of halogens is 1. The van der Waals surface area contributed by atoms with Crippen molar-refractivity contribution in [3.8, 4) is 0 Å². The van der Waals surface area contributed by atoms with Crippen LogP contribution in [0.2, 0.25) is 5.02 Å². The lowest BCUT2D eigenvalue weighted by Crippen LogP contribution is -2.46. The highest BCUT2D eigenvalue weighted by Gasteiger charge is 2.32. The second kappa shape index (κ2) is 7.77. The van der Waals surface area contributed by atoms with E-state index in [4.69, 9.17) is 11.6 Å². The Hall–Kier alpha value is -0.620. The zero-order valence-electron chi connectivity index (χ0n) is 13.3. The van der Waals surface area contributed by atoms with E-state index in [-0.39, 0.29) is 6.04 Å². The van der Waals surface area contributed by atoms with Crippen LogP contribution in [0.4, 0.5) is 0 Å². The smallest absolute Gasteiger partial charge is 0.195 e. The Labute approximate surface area is 139 Å². The van der Waals surface area contributed by atoms with Crippen molar-refractivity contribution in [2.45, 2.75) is 51.6 Å². The van der Waals surface area contributed by atoms with Gasteiger partial charge < -0.3 is 0 Å². The average molecular weight is 345 g/mol. The van der Waals surface area contributed by atoms with Crippen molar-refractivity contribution >= 4 is 21.8 Å². The number of rotatable bonds is 6. The molecule has 1 aliphatic rings.